The Labute approximate surface area is 107 Å². The lowest BCUT2D eigenvalue weighted by atomic mass is 10.1. The van der Waals surface area contributed by atoms with Gasteiger partial charge in [0.15, 0.2) is 0 Å². The summed E-state index contributed by atoms with van der Waals surface area (Å²) < 4.78 is 27.3. The zero-order chi connectivity index (χ0) is 12.7. The maximum atomic E-state index is 12.3. The fraction of sp³-hybridized carbons (Fsp3) is 0.500. The van der Waals surface area contributed by atoms with Crippen LogP contribution in [0.25, 0.3) is 0 Å². The second kappa shape index (κ2) is 4.30. The number of hydrogen-bond donors (Lipinski definition) is 1. The van der Waals surface area contributed by atoms with E-state index in [0.717, 1.165) is 22.6 Å². The largest absolute Gasteiger partial charge is 0.241 e. The fourth-order valence-electron chi connectivity index (χ4n) is 1.88. The van der Waals surface area contributed by atoms with Gasteiger partial charge in [-0.2, -0.15) is 11.8 Å². The molecule has 17 heavy (non-hydrogen) atoms. The van der Waals surface area contributed by atoms with Gasteiger partial charge >= 0.3 is 0 Å². The van der Waals surface area contributed by atoms with Crippen molar-refractivity contribution < 1.29 is 8.42 Å². The third kappa shape index (κ3) is 2.84. The summed E-state index contributed by atoms with van der Waals surface area (Å²) in [6.45, 7) is 5.55. The Morgan fingerprint density at radius 3 is 2.59 bits per heavy atom. The quantitative estimate of drug-likeness (QED) is 0.899. The van der Waals surface area contributed by atoms with Crippen molar-refractivity contribution in [2.45, 2.75) is 42.7 Å². The minimum Gasteiger partial charge on any atom is -0.207 e. The molecule has 1 aromatic carbocycles. The summed E-state index contributed by atoms with van der Waals surface area (Å²) in [5, 5.41) is 0. The zero-order valence-electron chi connectivity index (χ0n) is 10.3. The van der Waals surface area contributed by atoms with Crippen LogP contribution in [-0.4, -0.2) is 14.0 Å². The first-order chi connectivity index (χ1) is 7.80. The minimum atomic E-state index is -3.41. The number of hydrogen-bond acceptors (Lipinski definition) is 3. The molecule has 0 atom stereocenters. The number of nitrogens with one attached hydrogen (secondary N) is 1. The van der Waals surface area contributed by atoms with Crippen LogP contribution >= 0.6 is 11.8 Å². The van der Waals surface area contributed by atoms with E-state index in [2.05, 4.69) is 4.72 Å². The van der Waals surface area contributed by atoms with Gasteiger partial charge in [0.05, 0.1) is 4.90 Å². The molecule has 1 aliphatic rings. The van der Waals surface area contributed by atoms with Crippen molar-refractivity contribution in [2.75, 3.05) is 0 Å². The molecule has 0 saturated carbocycles. The molecule has 1 N–H and O–H groups in total. The van der Waals surface area contributed by atoms with E-state index in [-0.39, 0.29) is 0 Å². The molecule has 1 aromatic rings. The molecule has 1 heterocycles. The Morgan fingerprint density at radius 1 is 1.24 bits per heavy atom. The van der Waals surface area contributed by atoms with Gasteiger partial charge in [-0.3, -0.25) is 0 Å². The van der Waals surface area contributed by atoms with Gasteiger partial charge in [0.1, 0.15) is 0 Å². The predicted molar refractivity (Wildman–Crippen MR) is 71.5 cm³/mol. The van der Waals surface area contributed by atoms with E-state index in [1.165, 1.54) is 0 Å². The molecular formula is C12H17NO2S2. The first-order valence-corrected chi connectivity index (χ1v) is 8.16. The van der Waals surface area contributed by atoms with Crippen molar-refractivity contribution in [3.05, 3.63) is 29.3 Å². The van der Waals surface area contributed by atoms with Gasteiger partial charge in [-0.1, -0.05) is 12.1 Å². The van der Waals surface area contributed by atoms with E-state index in [1.54, 1.807) is 17.8 Å². The molecule has 0 spiro atoms. The van der Waals surface area contributed by atoms with Crippen LogP contribution in [0.2, 0.25) is 0 Å². The summed E-state index contributed by atoms with van der Waals surface area (Å²) in [5.41, 5.74) is 1.66. The normalized spacial score (nSPS) is 15.9. The van der Waals surface area contributed by atoms with Gasteiger partial charge in [-0.05, 0) is 38.0 Å². The van der Waals surface area contributed by atoms with Crippen molar-refractivity contribution in [1.29, 1.82) is 0 Å². The lowest BCUT2D eigenvalue weighted by molar-refractivity contribution is 0.491. The fourth-order valence-corrected chi connectivity index (χ4v) is 4.81. The summed E-state index contributed by atoms with van der Waals surface area (Å²) in [7, 11) is -3.41. The van der Waals surface area contributed by atoms with Crippen LogP contribution in [0.15, 0.2) is 23.1 Å². The predicted octanol–water partition coefficient (Wildman–Crippen LogP) is 2.51. The zero-order valence-corrected chi connectivity index (χ0v) is 11.9. The smallest absolute Gasteiger partial charge is 0.207 e. The van der Waals surface area contributed by atoms with E-state index >= 15 is 0 Å². The second-order valence-corrected chi connectivity index (χ2v) is 7.88. The van der Waals surface area contributed by atoms with Crippen LogP contribution < -0.4 is 4.72 Å². The van der Waals surface area contributed by atoms with Crippen molar-refractivity contribution in [3.63, 3.8) is 0 Å². The number of thioether (sulfide) groups is 1. The lowest BCUT2D eigenvalue weighted by Crippen LogP contribution is -2.40. The van der Waals surface area contributed by atoms with E-state index < -0.39 is 15.6 Å². The van der Waals surface area contributed by atoms with E-state index in [9.17, 15) is 8.42 Å². The molecule has 0 amide bonds. The highest BCUT2D eigenvalue weighted by molar-refractivity contribution is 7.98. The van der Waals surface area contributed by atoms with Crippen molar-refractivity contribution in [2.24, 2.45) is 0 Å². The summed E-state index contributed by atoms with van der Waals surface area (Å²) >= 11 is 1.76. The van der Waals surface area contributed by atoms with Gasteiger partial charge in [0, 0.05) is 17.0 Å². The van der Waals surface area contributed by atoms with Crippen molar-refractivity contribution in [3.8, 4) is 0 Å². The topological polar surface area (TPSA) is 46.2 Å². The molecule has 1 aliphatic heterocycles. The molecule has 0 fully saturated rings. The average Bonchev–Trinajstić information content (AvgIpc) is 2.60. The van der Waals surface area contributed by atoms with Crippen molar-refractivity contribution >= 4 is 21.8 Å². The standard InChI is InChI=1S/C12H17NO2S2/c1-12(2,3)13-17(14,15)11-6-4-5-9-7-16-8-10(9)11/h4-6,13H,7-8H2,1-3H3. The lowest BCUT2D eigenvalue weighted by Gasteiger charge is -2.21. The third-order valence-corrected chi connectivity index (χ3v) is 5.31. The molecule has 2 rings (SSSR count). The monoisotopic (exact) mass is 271 g/mol. The summed E-state index contributed by atoms with van der Waals surface area (Å²) in [5.74, 6) is 1.70. The number of rotatable bonds is 2. The van der Waals surface area contributed by atoms with Crippen molar-refractivity contribution in [1.82, 2.24) is 4.72 Å². The Kier molecular flexibility index (Phi) is 3.27. The van der Waals surface area contributed by atoms with E-state index in [1.807, 2.05) is 32.9 Å². The first-order valence-electron chi connectivity index (χ1n) is 5.52. The molecule has 0 saturated heterocycles. The van der Waals surface area contributed by atoms with Crippen LogP contribution in [0, 0.1) is 0 Å². The highest BCUT2D eigenvalue weighted by atomic mass is 32.2. The van der Waals surface area contributed by atoms with Gasteiger partial charge in [-0.25, -0.2) is 13.1 Å². The molecule has 0 radical (unpaired) electrons. The molecule has 0 unspecified atom stereocenters. The molecule has 5 heteroatoms. The Hall–Kier alpha value is -0.520. The maximum Gasteiger partial charge on any atom is 0.241 e. The Balaban J connectivity index is 2.45. The van der Waals surface area contributed by atoms with Crippen LogP contribution in [-0.2, 0) is 21.5 Å². The molecular weight excluding hydrogens is 254 g/mol. The third-order valence-electron chi connectivity index (χ3n) is 2.46. The summed E-state index contributed by atoms with van der Waals surface area (Å²) in [4.78, 5) is 0.440. The van der Waals surface area contributed by atoms with Crippen LogP contribution in [0.1, 0.15) is 31.9 Å². The van der Waals surface area contributed by atoms with E-state index in [4.69, 9.17) is 0 Å². The van der Waals surface area contributed by atoms with Gasteiger partial charge < -0.3 is 0 Å². The second-order valence-electron chi connectivity index (χ2n) is 5.24. The average molecular weight is 271 g/mol. The highest BCUT2D eigenvalue weighted by Crippen LogP contribution is 2.34. The Bertz CT molecular complexity index is 530. The van der Waals surface area contributed by atoms with E-state index in [0.29, 0.717) is 4.90 Å². The van der Waals surface area contributed by atoms with Crippen LogP contribution in [0.3, 0.4) is 0 Å². The number of sulfonamides is 1. The maximum absolute atomic E-state index is 12.3. The first kappa shape index (κ1) is 12.9. The molecule has 0 aliphatic carbocycles. The van der Waals surface area contributed by atoms with Crippen LogP contribution in [0.4, 0.5) is 0 Å². The SMILES string of the molecule is CC(C)(C)NS(=O)(=O)c1cccc2c1CSC2. The molecule has 3 nitrogen and oxygen atoms in total. The number of fused-ring (bicyclic) bond motifs is 1. The van der Waals surface area contributed by atoms with Gasteiger partial charge in [-0.15, -0.1) is 0 Å². The van der Waals surface area contributed by atoms with Gasteiger partial charge in [0.25, 0.3) is 0 Å². The highest BCUT2D eigenvalue weighted by Gasteiger charge is 2.27. The minimum absolute atomic E-state index is 0.440. The van der Waals surface area contributed by atoms with Gasteiger partial charge in [0.2, 0.25) is 10.0 Å². The molecule has 94 valence electrons. The summed E-state index contributed by atoms with van der Waals surface area (Å²) in [6, 6.07) is 5.52. The number of benzene rings is 1. The molecule has 0 bridgehead atoms. The summed E-state index contributed by atoms with van der Waals surface area (Å²) in [6.07, 6.45) is 0. The van der Waals surface area contributed by atoms with Crippen LogP contribution in [0.5, 0.6) is 0 Å². The molecule has 0 aromatic heterocycles. The Morgan fingerprint density at radius 2 is 1.94 bits per heavy atom.